The Hall–Kier alpha value is -0.770. The minimum absolute atomic E-state index is 0.101. The number of hydrogen-bond acceptors (Lipinski definition) is 2. The third kappa shape index (κ3) is 3.27. The van der Waals surface area contributed by atoms with E-state index in [1.165, 1.54) is 25.7 Å². The molecule has 2 N–H and O–H groups in total. The van der Waals surface area contributed by atoms with E-state index in [0.717, 1.165) is 44.7 Å². The molecule has 0 aromatic carbocycles. The Kier molecular flexibility index (Phi) is 5.30. The first-order valence-electron chi connectivity index (χ1n) is 8.32. The molecule has 2 aliphatic rings. The molecule has 116 valence electrons. The van der Waals surface area contributed by atoms with Crippen molar-refractivity contribution >= 4 is 6.03 Å². The van der Waals surface area contributed by atoms with Gasteiger partial charge in [0.1, 0.15) is 0 Å². The molecule has 1 saturated carbocycles. The van der Waals surface area contributed by atoms with Crippen molar-refractivity contribution in [3.63, 3.8) is 0 Å². The van der Waals surface area contributed by atoms with Gasteiger partial charge >= 0.3 is 6.03 Å². The van der Waals surface area contributed by atoms with Crippen molar-refractivity contribution < 1.29 is 4.79 Å². The molecule has 1 heterocycles. The van der Waals surface area contributed by atoms with Gasteiger partial charge < -0.3 is 15.5 Å². The van der Waals surface area contributed by atoms with Crippen LogP contribution in [0.25, 0.3) is 0 Å². The SMILES string of the molecule is CC1CCC(CN)(N(C)C(=O)N2CCCCCC2)CC1. The number of carbonyl (C=O) groups is 1. The highest BCUT2D eigenvalue weighted by atomic mass is 16.2. The van der Waals surface area contributed by atoms with Gasteiger partial charge in [-0.25, -0.2) is 4.79 Å². The van der Waals surface area contributed by atoms with Crippen LogP contribution in [-0.4, -0.2) is 48.1 Å². The van der Waals surface area contributed by atoms with Gasteiger partial charge in [0.2, 0.25) is 0 Å². The summed E-state index contributed by atoms with van der Waals surface area (Å²) in [6.07, 6.45) is 9.30. The molecule has 2 rings (SSSR count). The van der Waals surface area contributed by atoms with Crippen LogP contribution in [0.1, 0.15) is 58.3 Å². The number of likely N-dealkylation sites (N-methyl/N-ethyl adjacent to an activating group) is 1. The van der Waals surface area contributed by atoms with Crippen molar-refractivity contribution in [3.05, 3.63) is 0 Å². The lowest BCUT2D eigenvalue weighted by atomic mass is 9.76. The highest BCUT2D eigenvalue weighted by Gasteiger charge is 2.40. The number of rotatable bonds is 2. The molecule has 0 atom stereocenters. The quantitative estimate of drug-likeness (QED) is 0.846. The number of amides is 2. The van der Waals surface area contributed by atoms with Crippen molar-refractivity contribution in [1.82, 2.24) is 9.80 Å². The zero-order chi connectivity index (χ0) is 14.6. The predicted molar refractivity (Wildman–Crippen MR) is 82.6 cm³/mol. The summed E-state index contributed by atoms with van der Waals surface area (Å²) in [5.41, 5.74) is 5.97. The first-order chi connectivity index (χ1) is 9.59. The average molecular weight is 281 g/mol. The van der Waals surface area contributed by atoms with Crippen LogP contribution >= 0.6 is 0 Å². The molecule has 0 aromatic heterocycles. The first kappa shape index (κ1) is 15.6. The molecule has 2 fully saturated rings. The van der Waals surface area contributed by atoms with Crippen LogP contribution in [0.2, 0.25) is 0 Å². The number of carbonyl (C=O) groups excluding carboxylic acids is 1. The number of nitrogens with zero attached hydrogens (tertiary/aromatic N) is 2. The van der Waals surface area contributed by atoms with Gasteiger partial charge in [-0.15, -0.1) is 0 Å². The van der Waals surface area contributed by atoms with Gasteiger partial charge in [-0.2, -0.15) is 0 Å². The highest BCUT2D eigenvalue weighted by Crippen LogP contribution is 2.35. The van der Waals surface area contributed by atoms with Crippen molar-refractivity contribution in [1.29, 1.82) is 0 Å². The van der Waals surface area contributed by atoms with Crippen molar-refractivity contribution in [2.75, 3.05) is 26.7 Å². The first-order valence-corrected chi connectivity index (χ1v) is 8.32. The molecule has 0 unspecified atom stereocenters. The zero-order valence-corrected chi connectivity index (χ0v) is 13.2. The standard InChI is InChI=1S/C16H31N3O/c1-14-7-9-16(13-17,10-8-14)18(2)15(20)19-11-5-3-4-6-12-19/h14H,3-13,17H2,1-2H3. The van der Waals surface area contributed by atoms with Crippen LogP contribution in [-0.2, 0) is 0 Å². The predicted octanol–water partition coefficient (Wildman–Crippen LogP) is 2.82. The summed E-state index contributed by atoms with van der Waals surface area (Å²) in [5, 5.41) is 0. The van der Waals surface area contributed by atoms with Gasteiger partial charge in [0.05, 0.1) is 5.54 Å². The van der Waals surface area contributed by atoms with Crippen molar-refractivity contribution in [3.8, 4) is 0 Å². The minimum atomic E-state index is -0.101. The van der Waals surface area contributed by atoms with Gasteiger partial charge in [-0.1, -0.05) is 19.8 Å². The number of nitrogens with two attached hydrogens (primary N) is 1. The summed E-state index contributed by atoms with van der Waals surface area (Å²) in [6.45, 7) is 4.73. The van der Waals surface area contributed by atoms with Crippen LogP contribution in [0.3, 0.4) is 0 Å². The summed E-state index contributed by atoms with van der Waals surface area (Å²) in [5.74, 6) is 0.774. The van der Waals surface area contributed by atoms with E-state index in [2.05, 4.69) is 6.92 Å². The third-order valence-electron chi connectivity index (χ3n) is 5.46. The lowest BCUT2D eigenvalue weighted by molar-refractivity contribution is 0.0701. The van der Waals surface area contributed by atoms with Gasteiger partial charge in [0.15, 0.2) is 0 Å². The molecule has 1 aliphatic carbocycles. The molecule has 0 bridgehead atoms. The summed E-state index contributed by atoms with van der Waals surface area (Å²) in [7, 11) is 1.97. The number of hydrogen-bond donors (Lipinski definition) is 1. The van der Waals surface area contributed by atoms with Gasteiger partial charge in [-0.05, 0) is 44.4 Å². The van der Waals surface area contributed by atoms with Crippen LogP contribution in [0.5, 0.6) is 0 Å². The molecular weight excluding hydrogens is 250 g/mol. The smallest absolute Gasteiger partial charge is 0.320 e. The average Bonchev–Trinajstić information content (AvgIpc) is 2.76. The Morgan fingerprint density at radius 3 is 2.25 bits per heavy atom. The zero-order valence-electron chi connectivity index (χ0n) is 13.2. The molecule has 0 spiro atoms. The van der Waals surface area contributed by atoms with E-state index in [0.29, 0.717) is 6.54 Å². The second-order valence-corrected chi connectivity index (χ2v) is 6.85. The maximum atomic E-state index is 12.8. The monoisotopic (exact) mass is 281 g/mol. The normalized spacial score (nSPS) is 31.8. The van der Waals surface area contributed by atoms with Crippen LogP contribution in [0, 0.1) is 5.92 Å². The van der Waals surface area contributed by atoms with E-state index < -0.39 is 0 Å². The lowest BCUT2D eigenvalue weighted by Gasteiger charge is -2.46. The molecule has 20 heavy (non-hydrogen) atoms. The maximum Gasteiger partial charge on any atom is 0.320 e. The van der Waals surface area contributed by atoms with Crippen LogP contribution in [0.4, 0.5) is 4.79 Å². The fourth-order valence-electron chi connectivity index (χ4n) is 3.65. The molecule has 0 aromatic rings. The Labute approximate surface area is 123 Å². The van der Waals surface area contributed by atoms with E-state index >= 15 is 0 Å². The van der Waals surface area contributed by atoms with Crippen LogP contribution in [0.15, 0.2) is 0 Å². The molecule has 4 heteroatoms. The second-order valence-electron chi connectivity index (χ2n) is 6.85. The number of likely N-dealkylation sites (tertiary alicyclic amines) is 1. The van der Waals surface area contributed by atoms with E-state index in [-0.39, 0.29) is 11.6 Å². The molecule has 0 radical (unpaired) electrons. The summed E-state index contributed by atoms with van der Waals surface area (Å²) >= 11 is 0. The third-order valence-corrected chi connectivity index (χ3v) is 5.46. The Morgan fingerprint density at radius 1 is 1.20 bits per heavy atom. The summed E-state index contributed by atoms with van der Waals surface area (Å²) < 4.78 is 0. The molecule has 4 nitrogen and oxygen atoms in total. The molecule has 1 saturated heterocycles. The Bertz CT molecular complexity index is 316. The van der Waals surface area contributed by atoms with Gasteiger partial charge in [-0.3, -0.25) is 0 Å². The largest absolute Gasteiger partial charge is 0.328 e. The topological polar surface area (TPSA) is 49.6 Å². The maximum absolute atomic E-state index is 12.8. The van der Waals surface area contributed by atoms with E-state index in [9.17, 15) is 4.79 Å². The second kappa shape index (κ2) is 6.79. The van der Waals surface area contributed by atoms with E-state index in [1.54, 1.807) is 0 Å². The van der Waals surface area contributed by atoms with E-state index in [1.807, 2.05) is 16.8 Å². The molecular formula is C16H31N3O. The summed E-state index contributed by atoms with van der Waals surface area (Å²) in [6, 6.07) is 0.201. The van der Waals surface area contributed by atoms with E-state index in [4.69, 9.17) is 5.73 Å². The highest BCUT2D eigenvalue weighted by molar-refractivity contribution is 5.75. The fourth-order valence-corrected chi connectivity index (χ4v) is 3.65. The van der Waals surface area contributed by atoms with Crippen LogP contribution < -0.4 is 5.73 Å². The minimum Gasteiger partial charge on any atom is -0.328 e. The lowest BCUT2D eigenvalue weighted by Crippen LogP contribution is -2.59. The van der Waals surface area contributed by atoms with Gasteiger partial charge in [0, 0.05) is 26.7 Å². The number of urea groups is 1. The fraction of sp³-hybridized carbons (Fsp3) is 0.938. The Morgan fingerprint density at radius 2 is 1.75 bits per heavy atom. The van der Waals surface area contributed by atoms with Crippen molar-refractivity contribution in [2.24, 2.45) is 11.7 Å². The molecule has 1 aliphatic heterocycles. The molecule has 2 amide bonds. The van der Waals surface area contributed by atoms with Gasteiger partial charge in [0.25, 0.3) is 0 Å². The van der Waals surface area contributed by atoms with Crippen molar-refractivity contribution in [2.45, 2.75) is 63.8 Å². The summed E-state index contributed by atoms with van der Waals surface area (Å²) in [4.78, 5) is 16.8. The Balaban J connectivity index is 2.03.